The fraction of sp³-hybridized carbons (Fsp3) is 0.0833. The molecule has 4 aromatic rings. The first-order chi connectivity index (χ1) is 16.8. The lowest BCUT2D eigenvalue weighted by Crippen LogP contribution is -2.16. The lowest BCUT2D eigenvalue weighted by Gasteiger charge is -2.09. The number of nitrogens with zero attached hydrogens (tertiary/aromatic N) is 2. The van der Waals surface area contributed by atoms with Crippen LogP contribution in [0.25, 0.3) is 10.2 Å². The Hall–Kier alpha value is -3.60. The van der Waals surface area contributed by atoms with Crippen molar-refractivity contribution in [2.24, 2.45) is 4.99 Å². The number of fused-ring (bicyclic) bond motifs is 2. The van der Waals surface area contributed by atoms with Crippen LogP contribution in [0.1, 0.15) is 10.4 Å². The van der Waals surface area contributed by atoms with Crippen molar-refractivity contribution in [2.45, 2.75) is 11.4 Å². The van der Waals surface area contributed by atoms with Crippen molar-refractivity contribution in [3.63, 3.8) is 0 Å². The van der Waals surface area contributed by atoms with E-state index in [0.29, 0.717) is 27.9 Å². The van der Waals surface area contributed by atoms with Gasteiger partial charge in [0.2, 0.25) is 6.79 Å². The van der Waals surface area contributed by atoms with Gasteiger partial charge < -0.3 is 14.0 Å². The molecule has 0 aliphatic carbocycles. The van der Waals surface area contributed by atoms with Crippen molar-refractivity contribution in [1.82, 2.24) is 4.57 Å². The normalized spacial score (nSPS) is 13.2. The van der Waals surface area contributed by atoms with Gasteiger partial charge in [-0.2, -0.15) is 4.99 Å². The SMILES string of the molecule is C=CCn1c(=NC(=O)c2cccc(NS(=O)(=O)c3ccc(Cl)cc3)c2)sc2cc3c(cc21)OCO3. The van der Waals surface area contributed by atoms with Gasteiger partial charge in [0, 0.05) is 35.0 Å². The number of amides is 1. The van der Waals surface area contributed by atoms with Crippen LogP contribution in [0.4, 0.5) is 5.69 Å². The molecule has 0 unspecified atom stereocenters. The van der Waals surface area contributed by atoms with E-state index in [1.807, 2.05) is 16.7 Å². The van der Waals surface area contributed by atoms with Gasteiger partial charge in [0.15, 0.2) is 16.3 Å². The summed E-state index contributed by atoms with van der Waals surface area (Å²) < 4.78 is 41.5. The van der Waals surface area contributed by atoms with Crippen molar-refractivity contribution in [1.29, 1.82) is 0 Å². The van der Waals surface area contributed by atoms with Gasteiger partial charge in [-0.05, 0) is 42.5 Å². The molecule has 0 saturated heterocycles. The second kappa shape index (κ2) is 9.21. The lowest BCUT2D eigenvalue weighted by molar-refractivity contribution is 0.0998. The second-order valence-electron chi connectivity index (χ2n) is 7.51. The van der Waals surface area contributed by atoms with Crippen LogP contribution in [-0.4, -0.2) is 25.7 Å². The number of carbonyl (C=O) groups excluding carboxylic acids is 1. The van der Waals surface area contributed by atoms with Crippen LogP contribution in [0.15, 0.2) is 83.2 Å². The van der Waals surface area contributed by atoms with Crippen LogP contribution in [0.2, 0.25) is 5.02 Å². The van der Waals surface area contributed by atoms with Crippen LogP contribution in [0, 0.1) is 0 Å². The molecule has 1 aromatic heterocycles. The standard InChI is InChI=1S/C24H18ClN3O5S2/c1-2-10-28-19-12-20-21(33-14-32-20)13-22(19)34-24(28)26-23(29)15-4-3-5-17(11-15)27-35(30,31)18-8-6-16(25)7-9-18/h2-9,11-13,27H,1,10,14H2. The topological polar surface area (TPSA) is 99.0 Å². The molecular weight excluding hydrogens is 510 g/mol. The van der Waals surface area contributed by atoms with Gasteiger partial charge in [-0.3, -0.25) is 9.52 Å². The van der Waals surface area contributed by atoms with E-state index in [1.165, 1.54) is 41.7 Å². The van der Waals surface area contributed by atoms with Gasteiger partial charge in [-0.25, -0.2) is 8.42 Å². The van der Waals surface area contributed by atoms with Crippen LogP contribution in [0.5, 0.6) is 11.5 Å². The number of thiazole rings is 1. The molecule has 0 spiro atoms. The predicted octanol–water partition coefficient (Wildman–Crippen LogP) is 4.81. The highest BCUT2D eigenvalue weighted by atomic mass is 35.5. The summed E-state index contributed by atoms with van der Waals surface area (Å²) in [5.74, 6) is 0.761. The maximum Gasteiger partial charge on any atom is 0.279 e. The largest absolute Gasteiger partial charge is 0.454 e. The molecular formula is C24H18ClN3O5S2. The van der Waals surface area contributed by atoms with Gasteiger partial charge in [-0.1, -0.05) is 35.1 Å². The van der Waals surface area contributed by atoms with Crippen molar-refractivity contribution >= 4 is 54.8 Å². The Morgan fingerprint density at radius 2 is 1.89 bits per heavy atom. The number of halogens is 1. The van der Waals surface area contributed by atoms with E-state index in [0.717, 1.165) is 10.2 Å². The zero-order valence-electron chi connectivity index (χ0n) is 18.1. The van der Waals surface area contributed by atoms with E-state index in [9.17, 15) is 13.2 Å². The van der Waals surface area contributed by atoms with E-state index < -0.39 is 15.9 Å². The minimum atomic E-state index is -3.86. The summed E-state index contributed by atoms with van der Waals surface area (Å²) in [4.78, 5) is 17.9. The molecule has 1 aliphatic heterocycles. The molecule has 2 heterocycles. The Bertz CT molecular complexity index is 1640. The maximum absolute atomic E-state index is 13.0. The van der Waals surface area contributed by atoms with E-state index in [4.69, 9.17) is 21.1 Å². The van der Waals surface area contributed by atoms with Crippen LogP contribution < -0.4 is 19.0 Å². The van der Waals surface area contributed by atoms with Crippen LogP contribution in [0.3, 0.4) is 0 Å². The molecule has 3 aromatic carbocycles. The first kappa shape index (κ1) is 23.2. The number of rotatable bonds is 6. The number of hydrogen-bond donors (Lipinski definition) is 1. The number of aromatic nitrogens is 1. The van der Waals surface area contributed by atoms with Crippen LogP contribution in [-0.2, 0) is 16.6 Å². The minimum Gasteiger partial charge on any atom is -0.454 e. The lowest BCUT2D eigenvalue weighted by atomic mass is 10.2. The van der Waals surface area contributed by atoms with E-state index in [2.05, 4.69) is 16.3 Å². The Labute approximate surface area is 209 Å². The summed E-state index contributed by atoms with van der Waals surface area (Å²) in [7, 11) is -3.86. The van der Waals surface area contributed by atoms with Gasteiger partial charge in [0.1, 0.15) is 0 Å². The number of anilines is 1. The molecule has 0 fully saturated rings. The van der Waals surface area contributed by atoms with Crippen molar-refractivity contribution in [3.8, 4) is 11.5 Å². The predicted molar refractivity (Wildman–Crippen MR) is 135 cm³/mol. The number of hydrogen-bond acceptors (Lipinski definition) is 6. The van der Waals surface area contributed by atoms with Gasteiger partial charge >= 0.3 is 0 Å². The summed E-state index contributed by atoms with van der Waals surface area (Å²) in [6.07, 6.45) is 1.71. The van der Waals surface area contributed by atoms with Crippen molar-refractivity contribution < 1.29 is 22.7 Å². The van der Waals surface area contributed by atoms with Gasteiger partial charge in [0.25, 0.3) is 15.9 Å². The summed E-state index contributed by atoms with van der Waals surface area (Å²) in [6.45, 7) is 4.40. The number of ether oxygens (including phenoxy) is 2. The molecule has 1 aliphatic rings. The fourth-order valence-corrected chi connectivity index (χ4v) is 5.77. The molecule has 0 radical (unpaired) electrons. The van der Waals surface area contributed by atoms with Gasteiger partial charge in [-0.15, -0.1) is 6.58 Å². The third kappa shape index (κ3) is 4.68. The van der Waals surface area contributed by atoms with Crippen molar-refractivity contribution in [2.75, 3.05) is 11.5 Å². The number of allylic oxidation sites excluding steroid dienone is 1. The van der Waals surface area contributed by atoms with Crippen molar-refractivity contribution in [3.05, 3.63) is 88.7 Å². The maximum atomic E-state index is 13.0. The summed E-state index contributed by atoms with van der Waals surface area (Å²) in [6, 6.07) is 15.7. The van der Waals surface area contributed by atoms with E-state index >= 15 is 0 Å². The summed E-state index contributed by atoms with van der Waals surface area (Å²) in [5.41, 5.74) is 1.32. The Morgan fingerprint density at radius 3 is 2.63 bits per heavy atom. The highest BCUT2D eigenvalue weighted by Gasteiger charge is 2.18. The molecule has 1 amide bonds. The highest BCUT2D eigenvalue weighted by molar-refractivity contribution is 7.92. The minimum absolute atomic E-state index is 0.0546. The third-order valence-electron chi connectivity index (χ3n) is 5.17. The number of nitrogens with one attached hydrogen (secondary N) is 1. The Morgan fingerprint density at radius 1 is 1.14 bits per heavy atom. The third-order valence-corrected chi connectivity index (χ3v) is 7.86. The Balaban J connectivity index is 1.48. The molecule has 178 valence electrons. The quantitative estimate of drug-likeness (QED) is 0.363. The molecule has 0 atom stereocenters. The summed E-state index contributed by atoms with van der Waals surface area (Å²) in [5, 5.41) is 0.428. The van der Waals surface area contributed by atoms with E-state index in [1.54, 1.807) is 24.3 Å². The molecule has 5 rings (SSSR count). The summed E-state index contributed by atoms with van der Waals surface area (Å²) >= 11 is 7.18. The fourth-order valence-electron chi connectivity index (χ4n) is 3.55. The molecule has 0 bridgehead atoms. The molecule has 35 heavy (non-hydrogen) atoms. The highest BCUT2D eigenvalue weighted by Crippen LogP contribution is 2.37. The monoisotopic (exact) mass is 527 g/mol. The molecule has 0 saturated carbocycles. The first-order valence-electron chi connectivity index (χ1n) is 10.4. The molecule has 8 nitrogen and oxygen atoms in total. The molecule has 1 N–H and O–H groups in total. The molecule has 11 heteroatoms. The second-order valence-corrected chi connectivity index (χ2v) is 10.6. The van der Waals surface area contributed by atoms with E-state index in [-0.39, 0.29) is 22.9 Å². The zero-order chi connectivity index (χ0) is 24.6. The number of sulfonamides is 1. The van der Waals surface area contributed by atoms with Gasteiger partial charge in [0.05, 0.1) is 15.1 Å². The number of carbonyl (C=O) groups is 1. The average Bonchev–Trinajstić information content (AvgIpc) is 3.42. The number of benzene rings is 3. The van der Waals surface area contributed by atoms with Crippen LogP contribution >= 0.6 is 22.9 Å². The zero-order valence-corrected chi connectivity index (χ0v) is 20.5. The first-order valence-corrected chi connectivity index (χ1v) is 13.0. The Kier molecular flexibility index (Phi) is 6.10. The average molecular weight is 528 g/mol. The smallest absolute Gasteiger partial charge is 0.279 e.